The van der Waals surface area contributed by atoms with E-state index in [9.17, 15) is 0 Å². The van der Waals surface area contributed by atoms with Gasteiger partial charge in [-0.1, -0.05) is 77.4 Å². The first-order valence-electron chi connectivity index (χ1n) is 8.09. The van der Waals surface area contributed by atoms with Crippen LogP contribution in [0.3, 0.4) is 0 Å². The van der Waals surface area contributed by atoms with Crippen LogP contribution in [0.2, 0.25) is 10.0 Å². The first-order valence-corrected chi connectivity index (χ1v) is 9.83. The first kappa shape index (κ1) is 17.3. The summed E-state index contributed by atoms with van der Waals surface area (Å²) in [6.45, 7) is 0. The molecular formula is C21H14Cl2N2S. The molecule has 0 N–H and O–H groups in total. The quantitative estimate of drug-likeness (QED) is 0.351. The van der Waals surface area contributed by atoms with Crippen molar-refractivity contribution in [3.8, 4) is 11.3 Å². The average Bonchev–Trinajstić information content (AvgIpc) is 2.67. The van der Waals surface area contributed by atoms with Crippen molar-refractivity contribution < 1.29 is 0 Å². The molecule has 0 aliphatic carbocycles. The second-order valence-electron chi connectivity index (χ2n) is 5.84. The summed E-state index contributed by atoms with van der Waals surface area (Å²) in [5.74, 6) is 0.722. The lowest BCUT2D eigenvalue weighted by Gasteiger charge is -2.06. The molecule has 1 heterocycles. The Bertz CT molecular complexity index is 1070. The molecule has 4 aromatic rings. The van der Waals surface area contributed by atoms with Gasteiger partial charge in [0.15, 0.2) is 0 Å². The fraction of sp³-hybridized carbons (Fsp3) is 0.0476. The second-order valence-corrected chi connectivity index (χ2v) is 7.68. The molecule has 26 heavy (non-hydrogen) atoms. The van der Waals surface area contributed by atoms with E-state index in [1.54, 1.807) is 17.8 Å². The highest BCUT2D eigenvalue weighted by atomic mass is 35.5. The number of benzene rings is 3. The highest BCUT2D eigenvalue weighted by Crippen LogP contribution is 2.28. The summed E-state index contributed by atoms with van der Waals surface area (Å²) in [7, 11) is 0. The summed E-state index contributed by atoms with van der Waals surface area (Å²) in [5.41, 5.74) is 2.96. The van der Waals surface area contributed by atoms with E-state index in [0.717, 1.165) is 27.6 Å². The van der Waals surface area contributed by atoms with E-state index >= 15 is 0 Å². The lowest BCUT2D eigenvalue weighted by atomic mass is 10.1. The van der Waals surface area contributed by atoms with Crippen LogP contribution in [0.1, 0.15) is 5.56 Å². The van der Waals surface area contributed by atoms with Crippen LogP contribution in [0.5, 0.6) is 0 Å². The van der Waals surface area contributed by atoms with Crippen LogP contribution in [0, 0.1) is 0 Å². The van der Waals surface area contributed by atoms with Gasteiger partial charge in [-0.25, -0.2) is 0 Å². The average molecular weight is 397 g/mol. The Morgan fingerprint density at radius 2 is 1.62 bits per heavy atom. The molecule has 4 rings (SSSR count). The Labute approximate surface area is 166 Å². The van der Waals surface area contributed by atoms with Gasteiger partial charge in [-0.05, 0) is 46.7 Å². The molecule has 0 fully saturated rings. The van der Waals surface area contributed by atoms with Crippen molar-refractivity contribution in [3.05, 3.63) is 88.4 Å². The molecule has 128 valence electrons. The smallest absolute Gasteiger partial charge is 0.119 e. The number of aromatic nitrogens is 2. The van der Waals surface area contributed by atoms with Crippen molar-refractivity contribution >= 4 is 45.7 Å². The highest BCUT2D eigenvalue weighted by molar-refractivity contribution is 7.98. The molecule has 1 aromatic heterocycles. The standard InChI is InChI=1S/C21H14Cl2N2S/c22-18-8-7-17(19(23)12-18)13-26-21-10-9-20(24-25-21)16-6-5-14-3-1-2-4-15(14)11-16/h1-12H,13H2. The molecule has 0 saturated carbocycles. The van der Waals surface area contributed by atoms with Crippen LogP contribution < -0.4 is 0 Å². The molecule has 0 atom stereocenters. The van der Waals surface area contributed by atoms with E-state index in [1.165, 1.54) is 10.8 Å². The van der Waals surface area contributed by atoms with Gasteiger partial charge in [-0.15, -0.1) is 10.2 Å². The lowest BCUT2D eigenvalue weighted by Crippen LogP contribution is -1.90. The number of thioether (sulfide) groups is 1. The predicted molar refractivity (Wildman–Crippen MR) is 111 cm³/mol. The van der Waals surface area contributed by atoms with Gasteiger partial charge in [0.2, 0.25) is 0 Å². The molecule has 0 aliphatic rings. The predicted octanol–water partition coefficient (Wildman–Crippen LogP) is 6.90. The Kier molecular flexibility index (Phi) is 5.11. The molecule has 0 spiro atoms. The van der Waals surface area contributed by atoms with Crippen LogP contribution in [0.15, 0.2) is 77.8 Å². The number of hydrogen-bond donors (Lipinski definition) is 0. The van der Waals surface area contributed by atoms with Crippen LogP contribution in [0.25, 0.3) is 22.0 Å². The van der Waals surface area contributed by atoms with Crippen molar-refractivity contribution in [2.45, 2.75) is 10.8 Å². The van der Waals surface area contributed by atoms with Gasteiger partial charge in [0, 0.05) is 21.4 Å². The third-order valence-electron chi connectivity index (χ3n) is 4.08. The minimum absolute atomic E-state index is 0.642. The van der Waals surface area contributed by atoms with Crippen molar-refractivity contribution in [3.63, 3.8) is 0 Å². The van der Waals surface area contributed by atoms with Crippen molar-refractivity contribution in [1.82, 2.24) is 10.2 Å². The molecule has 0 amide bonds. The molecule has 0 saturated heterocycles. The monoisotopic (exact) mass is 396 g/mol. The van der Waals surface area contributed by atoms with E-state index < -0.39 is 0 Å². The fourth-order valence-electron chi connectivity index (χ4n) is 2.69. The number of halogens is 2. The van der Waals surface area contributed by atoms with E-state index in [1.807, 2.05) is 36.4 Å². The van der Waals surface area contributed by atoms with E-state index in [4.69, 9.17) is 23.2 Å². The van der Waals surface area contributed by atoms with Gasteiger partial charge in [0.25, 0.3) is 0 Å². The third-order valence-corrected chi connectivity index (χ3v) is 5.63. The summed E-state index contributed by atoms with van der Waals surface area (Å²) in [6.07, 6.45) is 0. The maximum Gasteiger partial charge on any atom is 0.119 e. The first-order chi connectivity index (χ1) is 12.7. The Balaban J connectivity index is 1.50. The normalized spacial score (nSPS) is 11.0. The van der Waals surface area contributed by atoms with Crippen LogP contribution in [0.4, 0.5) is 0 Å². The molecule has 3 aromatic carbocycles. The maximum atomic E-state index is 6.21. The lowest BCUT2D eigenvalue weighted by molar-refractivity contribution is 0.935. The van der Waals surface area contributed by atoms with Crippen LogP contribution in [-0.2, 0) is 5.75 Å². The van der Waals surface area contributed by atoms with Gasteiger partial charge in [-0.3, -0.25) is 0 Å². The summed E-state index contributed by atoms with van der Waals surface area (Å²) in [5, 5.41) is 13.3. The molecular weight excluding hydrogens is 383 g/mol. The maximum absolute atomic E-state index is 6.21. The van der Waals surface area contributed by atoms with Crippen molar-refractivity contribution in [2.24, 2.45) is 0 Å². The SMILES string of the molecule is Clc1ccc(CSc2ccc(-c3ccc4ccccc4c3)nn2)c(Cl)c1. The molecule has 0 unspecified atom stereocenters. The van der Waals surface area contributed by atoms with Crippen molar-refractivity contribution in [1.29, 1.82) is 0 Å². The molecule has 5 heteroatoms. The number of fused-ring (bicyclic) bond motifs is 1. The largest absolute Gasteiger partial charge is 0.149 e. The van der Waals surface area contributed by atoms with Gasteiger partial charge < -0.3 is 0 Å². The third kappa shape index (κ3) is 3.85. The molecule has 0 bridgehead atoms. The Hall–Kier alpha value is -2.07. The van der Waals surface area contributed by atoms with Crippen LogP contribution in [-0.4, -0.2) is 10.2 Å². The van der Waals surface area contributed by atoms with Gasteiger partial charge >= 0.3 is 0 Å². The van der Waals surface area contributed by atoms with Gasteiger partial charge in [0.1, 0.15) is 5.03 Å². The van der Waals surface area contributed by atoms with E-state index in [0.29, 0.717) is 10.0 Å². The summed E-state index contributed by atoms with van der Waals surface area (Å²) >= 11 is 13.7. The summed E-state index contributed by atoms with van der Waals surface area (Å²) in [6, 6.07) is 24.2. The Morgan fingerprint density at radius 1 is 0.769 bits per heavy atom. The van der Waals surface area contributed by atoms with E-state index in [2.05, 4.69) is 40.5 Å². The number of hydrogen-bond acceptors (Lipinski definition) is 3. The minimum Gasteiger partial charge on any atom is -0.149 e. The summed E-state index contributed by atoms with van der Waals surface area (Å²) in [4.78, 5) is 0. The molecule has 0 aliphatic heterocycles. The van der Waals surface area contributed by atoms with E-state index in [-0.39, 0.29) is 0 Å². The zero-order valence-corrected chi connectivity index (χ0v) is 16.0. The fourth-order valence-corrected chi connectivity index (χ4v) is 4.06. The molecule has 0 radical (unpaired) electrons. The minimum atomic E-state index is 0.642. The molecule has 2 nitrogen and oxygen atoms in total. The van der Waals surface area contributed by atoms with Gasteiger partial charge in [-0.2, -0.15) is 0 Å². The topological polar surface area (TPSA) is 25.8 Å². The zero-order valence-electron chi connectivity index (χ0n) is 13.7. The highest BCUT2D eigenvalue weighted by Gasteiger charge is 2.06. The second kappa shape index (κ2) is 7.67. The van der Waals surface area contributed by atoms with Crippen LogP contribution >= 0.6 is 35.0 Å². The summed E-state index contributed by atoms with van der Waals surface area (Å²) < 4.78 is 0. The van der Waals surface area contributed by atoms with Crippen molar-refractivity contribution in [2.75, 3.05) is 0 Å². The van der Waals surface area contributed by atoms with Gasteiger partial charge in [0.05, 0.1) is 5.69 Å². The zero-order chi connectivity index (χ0) is 17.9. The Morgan fingerprint density at radius 3 is 2.38 bits per heavy atom. The number of nitrogens with zero attached hydrogens (tertiary/aromatic N) is 2. The number of rotatable bonds is 4.